The van der Waals surface area contributed by atoms with Crippen LogP contribution in [0.5, 0.6) is 0 Å². The van der Waals surface area contributed by atoms with Crippen LogP contribution < -0.4 is 10.2 Å². The van der Waals surface area contributed by atoms with Crippen LogP contribution >= 0.6 is 11.6 Å². The molecule has 3 rings (SSSR count). The number of hydrogen-bond acceptors (Lipinski definition) is 4. The average molecular weight is 289 g/mol. The van der Waals surface area contributed by atoms with Gasteiger partial charge in [0.25, 0.3) is 0 Å². The molecule has 1 saturated heterocycles. The largest absolute Gasteiger partial charge is 0.372 e. The summed E-state index contributed by atoms with van der Waals surface area (Å²) < 4.78 is 0. The molecule has 1 aromatic heterocycles. The molecule has 104 valence electrons. The molecular formula is C15H17ClN4. The Labute approximate surface area is 123 Å². The Balaban J connectivity index is 1.71. The maximum atomic E-state index is 5.98. The van der Waals surface area contributed by atoms with Crippen molar-refractivity contribution in [2.24, 2.45) is 0 Å². The third-order valence-electron chi connectivity index (χ3n) is 3.50. The highest BCUT2D eigenvalue weighted by molar-refractivity contribution is 6.31. The van der Waals surface area contributed by atoms with Crippen molar-refractivity contribution in [2.45, 2.75) is 19.3 Å². The van der Waals surface area contributed by atoms with Crippen molar-refractivity contribution in [3.63, 3.8) is 0 Å². The van der Waals surface area contributed by atoms with Gasteiger partial charge in [0.1, 0.15) is 0 Å². The first-order valence-corrected chi connectivity index (χ1v) is 7.29. The number of hydrogen-bond donors (Lipinski definition) is 1. The Hall–Kier alpha value is -1.81. The molecule has 0 saturated carbocycles. The van der Waals surface area contributed by atoms with Crippen LogP contribution in [0.25, 0.3) is 0 Å². The summed E-state index contributed by atoms with van der Waals surface area (Å²) >= 11 is 5.98. The van der Waals surface area contributed by atoms with E-state index >= 15 is 0 Å². The minimum atomic E-state index is 0.382. The summed E-state index contributed by atoms with van der Waals surface area (Å²) in [5.74, 6) is 0.583. The van der Waals surface area contributed by atoms with E-state index in [4.69, 9.17) is 11.6 Å². The second-order valence-corrected chi connectivity index (χ2v) is 5.27. The molecule has 0 unspecified atom stereocenters. The molecule has 2 heterocycles. The molecule has 20 heavy (non-hydrogen) atoms. The lowest BCUT2D eigenvalue weighted by Crippen LogP contribution is -2.29. The molecule has 2 aromatic rings. The van der Waals surface area contributed by atoms with Gasteiger partial charge in [0.2, 0.25) is 0 Å². The smallest absolute Gasteiger partial charge is 0.171 e. The maximum absolute atomic E-state index is 5.98. The number of anilines is 3. The second kappa shape index (κ2) is 6.09. The van der Waals surface area contributed by atoms with Crippen molar-refractivity contribution < 1.29 is 0 Å². The van der Waals surface area contributed by atoms with E-state index in [0.717, 1.165) is 18.8 Å². The van der Waals surface area contributed by atoms with Crippen LogP contribution in [0, 0.1) is 0 Å². The molecule has 1 aromatic carbocycles. The van der Waals surface area contributed by atoms with Crippen molar-refractivity contribution in [3.8, 4) is 0 Å². The summed E-state index contributed by atoms with van der Waals surface area (Å²) in [4.78, 5) is 10.6. The Kier molecular flexibility index (Phi) is 4.02. The molecule has 0 aliphatic carbocycles. The van der Waals surface area contributed by atoms with Gasteiger partial charge < -0.3 is 10.2 Å². The van der Waals surface area contributed by atoms with E-state index in [-0.39, 0.29) is 0 Å². The molecule has 1 N–H and O–H groups in total. The fourth-order valence-corrected chi connectivity index (χ4v) is 2.60. The van der Waals surface area contributed by atoms with Gasteiger partial charge in [-0.2, -0.15) is 0 Å². The average Bonchev–Trinajstić information content (AvgIpc) is 2.51. The van der Waals surface area contributed by atoms with Gasteiger partial charge in [-0.15, -0.1) is 0 Å². The van der Waals surface area contributed by atoms with Gasteiger partial charge in [-0.25, -0.2) is 9.97 Å². The van der Waals surface area contributed by atoms with E-state index in [1.54, 1.807) is 12.4 Å². The summed E-state index contributed by atoms with van der Waals surface area (Å²) in [5, 5.41) is 3.56. The Morgan fingerprint density at radius 3 is 2.35 bits per heavy atom. The number of piperidine rings is 1. The fourth-order valence-electron chi connectivity index (χ4n) is 2.45. The standard InChI is InChI=1S/C15H17ClN4/c16-14-15(18-9-8-17-14)19-12-4-6-13(7-5-12)20-10-2-1-3-11-20/h4-9H,1-3,10-11H2,(H,18,19). The van der Waals surface area contributed by atoms with Crippen LogP contribution in [0.2, 0.25) is 5.15 Å². The van der Waals surface area contributed by atoms with E-state index in [1.807, 2.05) is 0 Å². The molecule has 0 atom stereocenters. The topological polar surface area (TPSA) is 41.1 Å². The highest BCUT2D eigenvalue weighted by Gasteiger charge is 2.10. The lowest BCUT2D eigenvalue weighted by atomic mass is 10.1. The van der Waals surface area contributed by atoms with Gasteiger partial charge >= 0.3 is 0 Å². The SMILES string of the molecule is Clc1nccnc1Nc1ccc(N2CCCCC2)cc1. The highest BCUT2D eigenvalue weighted by Crippen LogP contribution is 2.24. The summed E-state index contributed by atoms with van der Waals surface area (Å²) in [5.41, 5.74) is 2.24. The van der Waals surface area contributed by atoms with Crippen molar-refractivity contribution in [3.05, 3.63) is 41.8 Å². The minimum Gasteiger partial charge on any atom is -0.372 e. The van der Waals surface area contributed by atoms with E-state index in [2.05, 4.69) is 44.5 Å². The third kappa shape index (κ3) is 3.02. The first kappa shape index (κ1) is 13.2. The predicted molar refractivity (Wildman–Crippen MR) is 82.8 cm³/mol. The van der Waals surface area contributed by atoms with Crippen molar-refractivity contribution in [1.29, 1.82) is 0 Å². The molecule has 0 spiro atoms. The number of nitrogens with zero attached hydrogens (tertiary/aromatic N) is 3. The lowest BCUT2D eigenvalue weighted by Gasteiger charge is -2.28. The Bertz CT molecular complexity index is 564. The molecule has 0 radical (unpaired) electrons. The molecule has 0 bridgehead atoms. The Morgan fingerprint density at radius 2 is 1.65 bits per heavy atom. The summed E-state index contributed by atoms with van der Waals surface area (Å²) in [6.45, 7) is 2.31. The summed E-state index contributed by atoms with van der Waals surface area (Å²) in [7, 11) is 0. The van der Waals surface area contributed by atoms with Gasteiger partial charge in [0.15, 0.2) is 11.0 Å². The van der Waals surface area contributed by atoms with Gasteiger partial charge in [-0.05, 0) is 43.5 Å². The number of nitrogens with one attached hydrogen (secondary N) is 1. The fraction of sp³-hybridized carbons (Fsp3) is 0.333. The molecular weight excluding hydrogens is 272 g/mol. The quantitative estimate of drug-likeness (QED) is 0.931. The first-order valence-electron chi connectivity index (χ1n) is 6.91. The monoisotopic (exact) mass is 288 g/mol. The van der Waals surface area contributed by atoms with E-state index in [1.165, 1.54) is 24.9 Å². The van der Waals surface area contributed by atoms with Crippen LogP contribution in [0.3, 0.4) is 0 Å². The minimum absolute atomic E-state index is 0.382. The van der Waals surface area contributed by atoms with Crippen molar-refractivity contribution in [1.82, 2.24) is 9.97 Å². The number of rotatable bonds is 3. The van der Waals surface area contributed by atoms with Gasteiger partial charge in [-0.3, -0.25) is 0 Å². The molecule has 0 amide bonds. The summed E-state index contributed by atoms with van der Waals surface area (Å²) in [6, 6.07) is 8.37. The zero-order valence-corrected chi connectivity index (χ0v) is 12.0. The number of benzene rings is 1. The van der Waals surface area contributed by atoms with Crippen LogP contribution in [-0.2, 0) is 0 Å². The lowest BCUT2D eigenvalue weighted by molar-refractivity contribution is 0.578. The molecule has 1 aliphatic rings. The number of halogens is 1. The molecule has 5 heteroatoms. The van der Waals surface area contributed by atoms with Crippen LogP contribution in [0.15, 0.2) is 36.7 Å². The Morgan fingerprint density at radius 1 is 0.950 bits per heavy atom. The van der Waals surface area contributed by atoms with Gasteiger partial charge in [0, 0.05) is 36.9 Å². The molecule has 1 fully saturated rings. The van der Waals surface area contributed by atoms with Gasteiger partial charge in [0.05, 0.1) is 0 Å². The normalized spacial score (nSPS) is 15.2. The van der Waals surface area contributed by atoms with Crippen LogP contribution in [-0.4, -0.2) is 23.1 Å². The summed E-state index contributed by atoms with van der Waals surface area (Å²) in [6.07, 6.45) is 7.12. The van der Waals surface area contributed by atoms with Crippen LogP contribution in [0.4, 0.5) is 17.2 Å². The van der Waals surface area contributed by atoms with E-state index in [0.29, 0.717) is 11.0 Å². The van der Waals surface area contributed by atoms with Gasteiger partial charge in [-0.1, -0.05) is 11.6 Å². The van der Waals surface area contributed by atoms with E-state index in [9.17, 15) is 0 Å². The number of aromatic nitrogens is 2. The van der Waals surface area contributed by atoms with Crippen LogP contribution in [0.1, 0.15) is 19.3 Å². The second-order valence-electron chi connectivity index (χ2n) is 4.92. The third-order valence-corrected chi connectivity index (χ3v) is 3.78. The van der Waals surface area contributed by atoms with Crippen molar-refractivity contribution in [2.75, 3.05) is 23.3 Å². The highest BCUT2D eigenvalue weighted by atomic mass is 35.5. The van der Waals surface area contributed by atoms with E-state index < -0.39 is 0 Å². The molecule has 4 nitrogen and oxygen atoms in total. The maximum Gasteiger partial charge on any atom is 0.171 e. The predicted octanol–water partition coefficient (Wildman–Crippen LogP) is 3.86. The molecule has 1 aliphatic heterocycles. The zero-order valence-electron chi connectivity index (χ0n) is 11.2. The van der Waals surface area contributed by atoms with Crippen molar-refractivity contribution >= 4 is 28.8 Å². The first-order chi connectivity index (χ1) is 9.83. The zero-order chi connectivity index (χ0) is 13.8.